The minimum absolute atomic E-state index is 0.0941. The summed E-state index contributed by atoms with van der Waals surface area (Å²) in [5.74, 6) is 3.00. The van der Waals surface area contributed by atoms with Gasteiger partial charge in [0, 0.05) is 72.4 Å². The van der Waals surface area contributed by atoms with Gasteiger partial charge < -0.3 is 23.5 Å². The van der Waals surface area contributed by atoms with Gasteiger partial charge in [-0.25, -0.2) is 0 Å². The van der Waals surface area contributed by atoms with Crippen molar-refractivity contribution in [1.82, 2.24) is 14.4 Å². The molecule has 0 N–H and O–H groups in total. The van der Waals surface area contributed by atoms with Crippen molar-refractivity contribution in [1.29, 1.82) is 0 Å². The van der Waals surface area contributed by atoms with Crippen molar-refractivity contribution in [3.05, 3.63) is 64.4 Å². The molecule has 266 valence electrons. The molecule has 0 spiro atoms. The summed E-state index contributed by atoms with van der Waals surface area (Å²) >= 11 is 0. The van der Waals surface area contributed by atoms with E-state index in [1.165, 1.54) is 44.6 Å². The zero-order chi connectivity index (χ0) is 34.7. The standard InChI is InChI=1S/C42H48N4O5/c1-7-21-18-46-11-10-42-29-13-23-20(2)36-26-15-33-38-27(25-12-22(48-5)8-9-31(25)45(38)4)16-32(44(33)3)28(26)19-50-41(36)51-35(23)17-30(29)43-39(42)34(46)14-24(21)37(42)40(47)49-6/h7-9,12-13,17,20,24,26,28,32-34,36-37,41H,10-11,14-16,18-19H2,1-6H3. The average Bonchev–Trinajstić information content (AvgIpc) is 3.61. The van der Waals surface area contributed by atoms with Crippen molar-refractivity contribution in [2.75, 3.05) is 41.0 Å². The van der Waals surface area contributed by atoms with Crippen molar-refractivity contribution in [2.24, 2.45) is 41.6 Å². The number of allylic oxidation sites excluding steroid dienone is 1. The third-order valence-electron chi connectivity index (χ3n) is 15.4. The number of aromatic nitrogens is 1. The first-order valence-electron chi connectivity index (χ1n) is 19.2. The first-order chi connectivity index (χ1) is 24.8. The van der Waals surface area contributed by atoms with Gasteiger partial charge in [-0.15, -0.1) is 0 Å². The monoisotopic (exact) mass is 688 g/mol. The maximum atomic E-state index is 13.9. The zero-order valence-corrected chi connectivity index (χ0v) is 30.5. The summed E-state index contributed by atoms with van der Waals surface area (Å²) < 4.78 is 27.4. The molecule has 3 aromatic rings. The highest BCUT2D eigenvalue weighted by Crippen LogP contribution is 2.63. The topological polar surface area (TPSA) is 77.8 Å². The second-order valence-corrected chi connectivity index (χ2v) is 16.8. The van der Waals surface area contributed by atoms with Crippen LogP contribution in [0.15, 0.2) is 47.0 Å². The van der Waals surface area contributed by atoms with Crippen LogP contribution in [-0.2, 0) is 33.2 Å². The molecule has 1 saturated carbocycles. The fourth-order valence-corrected chi connectivity index (χ4v) is 13.1. The Kier molecular flexibility index (Phi) is 6.35. The van der Waals surface area contributed by atoms with Gasteiger partial charge in [-0.1, -0.05) is 18.6 Å². The number of likely N-dealkylation sites (N-methyl/N-ethyl adjacent to an activating group) is 1. The summed E-state index contributed by atoms with van der Waals surface area (Å²) in [4.78, 5) is 24.6. The molecule has 11 unspecified atom stereocenters. The molecule has 1 aliphatic carbocycles. The lowest BCUT2D eigenvalue weighted by molar-refractivity contribution is -0.221. The first-order valence-corrected chi connectivity index (χ1v) is 19.2. The number of ether oxygens (including phenoxy) is 4. The van der Waals surface area contributed by atoms with Crippen LogP contribution in [0.3, 0.4) is 0 Å². The molecule has 5 bridgehead atoms. The van der Waals surface area contributed by atoms with E-state index in [0.717, 1.165) is 56.0 Å². The lowest BCUT2D eigenvalue weighted by Crippen LogP contribution is -2.68. The van der Waals surface area contributed by atoms with Gasteiger partial charge >= 0.3 is 5.97 Å². The molecule has 8 aliphatic rings. The average molecular weight is 689 g/mol. The Labute approximate surface area is 299 Å². The van der Waals surface area contributed by atoms with Gasteiger partial charge in [-0.05, 0) is 98.4 Å². The smallest absolute Gasteiger partial charge is 0.310 e. The van der Waals surface area contributed by atoms with E-state index in [1.54, 1.807) is 14.2 Å². The minimum Gasteiger partial charge on any atom is -0.497 e. The fraction of sp³-hybridized carbons (Fsp3) is 0.571. The number of fused-ring (bicyclic) bond motifs is 13. The van der Waals surface area contributed by atoms with Gasteiger partial charge in [0.25, 0.3) is 0 Å². The predicted molar refractivity (Wildman–Crippen MR) is 194 cm³/mol. The molecule has 9 nitrogen and oxygen atoms in total. The third kappa shape index (κ3) is 3.73. The number of rotatable bonds is 2. The van der Waals surface area contributed by atoms with Crippen molar-refractivity contribution >= 4 is 28.3 Å². The molecule has 11 atom stereocenters. The van der Waals surface area contributed by atoms with E-state index in [9.17, 15) is 4.79 Å². The highest BCUT2D eigenvalue weighted by atomic mass is 16.7. The number of aryl methyl sites for hydroxylation is 1. The van der Waals surface area contributed by atoms with Crippen molar-refractivity contribution in [3.63, 3.8) is 0 Å². The van der Waals surface area contributed by atoms with Gasteiger partial charge in [-0.3, -0.25) is 19.6 Å². The van der Waals surface area contributed by atoms with E-state index in [-0.39, 0.29) is 42.0 Å². The molecule has 51 heavy (non-hydrogen) atoms. The molecular formula is C42H48N4O5. The van der Waals surface area contributed by atoms with Crippen LogP contribution in [-0.4, -0.2) is 85.4 Å². The molecule has 0 radical (unpaired) electrons. The van der Waals surface area contributed by atoms with E-state index in [4.69, 9.17) is 23.9 Å². The number of benzene rings is 2. The highest BCUT2D eigenvalue weighted by Gasteiger charge is 2.66. The number of methoxy groups -OCH3 is 2. The molecule has 11 rings (SSSR count). The normalized spacial score (nSPS) is 39.3. The fourth-order valence-electron chi connectivity index (χ4n) is 13.1. The number of nitrogens with zero attached hydrogens (tertiary/aromatic N) is 4. The van der Waals surface area contributed by atoms with Crippen LogP contribution in [0, 0.1) is 29.6 Å². The zero-order valence-electron chi connectivity index (χ0n) is 30.5. The molecule has 1 aromatic heterocycles. The molecule has 8 heterocycles. The van der Waals surface area contributed by atoms with E-state index in [2.05, 4.69) is 78.7 Å². The number of hydrogen-bond acceptors (Lipinski definition) is 8. The number of hydrogen-bond donors (Lipinski definition) is 0. The molecule has 0 amide bonds. The molecule has 5 fully saturated rings. The lowest BCUT2D eigenvalue weighted by Gasteiger charge is -2.59. The molecular weight excluding hydrogens is 640 g/mol. The number of esters is 1. The van der Waals surface area contributed by atoms with Crippen LogP contribution < -0.4 is 9.47 Å². The van der Waals surface area contributed by atoms with Crippen LogP contribution in [0.5, 0.6) is 11.5 Å². The van der Waals surface area contributed by atoms with E-state index < -0.39 is 5.41 Å². The number of piperidine rings is 3. The molecule has 2 aromatic carbocycles. The van der Waals surface area contributed by atoms with E-state index >= 15 is 0 Å². The van der Waals surface area contributed by atoms with Crippen molar-refractivity contribution < 1.29 is 23.7 Å². The first kappa shape index (κ1) is 30.9. The molecule has 9 heteroatoms. The second kappa shape index (κ2) is 10.5. The summed E-state index contributed by atoms with van der Waals surface area (Å²) in [6.45, 7) is 7.12. The molecule has 7 aliphatic heterocycles. The van der Waals surface area contributed by atoms with Gasteiger partial charge in [0.05, 0.1) is 43.9 Å². The van der Waals surface area contributed by atoms with E-state index in [1.807, 2.05) is 0 Å². The predicted octanol–water partition coefficient (Wildman–Crippen LogP) is 6.06. The summed E-state index contributed by atoms with van der Waals surface area (Å²) in [5, 5.41) is 1.32. The number of aliphatic imine (C=N–C) groups is 1. The number of carbonyl (C=O) groups excluding carboxylic acids is 1. The van der Waals surface area contributed by atoms with Crippen LogP contribution >= 0.6 is 0 Å². The van der Waals surface area contributed by atoms with Crippen LogP contribution in [0.25, 0.3) is 10.9 Å². The largest absolute Gasteiger partial charge is 0.497 e. The van der Waals surface area contributed by atoms with Crippen LogP contribution in [0.2, 0.25) is 0 Å². The summed E-state index contributed by atoms with van der Waals surface area (Å²) in [5.41, 5.74) is 9.77. The molecule has 4 saturated heterocycles. The van der Waals surface area contributed by atoms with Crippen LogP contribution in [0.4, 0.5) is 5.69 Å². The van der Waals surface area contributed by atoms with Gasteiger partial charge in [0.15, 0.2) is 0 Å². The summed E-state index contributed by atoms with van der Waals surface area (Å²) in [6, 6.07) is 12.1. The number of carbonyl (C=O) groups is 1. The van der Waals surface area contributed by atoms with Crippen LogP contribution in [0.1, 0.15) is 67.5 Å². The quantitative estimate of drug-likeness (QED) is 0.240. The van der Waals surface area contributed by atoms with E-state index in [0.29, 0.717) is 30.5 Å². The third-order valence-corrected chi connectivity index (χ3v) is 15.4. The Morgan fingerprint density at radius 2 is 1.96 bits per heavy atom. The second-order valence-electron chi connectivity index (χ2n) is 16.8. The lowest BCUT2D eigenvalue weighted by atomic mass is 9.51. The maximum Gasteiger partial charge on any atom is 0.310 e. The Balaban J connectivity index is 0.994. The summed E-state index contributed by atoms with van der Waals surface area (Å²) in [7, 11) is 7.88. The minimum atomic E-state index is -0.434. The Hall–Kier alpha value is -3.66. The SMILES string of the molecule is CC=C1CN2CCC34C(=Nc5cc6c(cc53)C(C)C3C(OCC5C3CC3c7c(c8cc(OC)ccc8n7C)CC5N3C)O6)C2CC1C4C(=O)OC. The Morgan fingerprint density at radius 1 is 1.10 bits per heavy atom. The Bertz CT molecular complexity index is 2100. The maximum absolute atomic E-state index is 13.9. The summed E-state index contributed by atoms with van der Waals surface area (Å²) in [6.07, 6.45) is 5.90. The van der Waals surface area contributed by atoms with Gasteiger partial charge in [-0.2, -0.15) is 0 Å². The highest BCUT2D eigenvalue weighted by molar-refractivity contribution is 6.10. The van der Waals surface area contributed by atoms with Gasteiger partial charge in [0.2, 0.25) is 6.29 Å². The van der Waals surface area contributed by atoms with Gasteiger partial charge in [0.1, 0.15) is 11.5 Å². The van der Waals surface area contributed by atoms with Crippen molar-refractivity contribution in [3.8, 4) is 11.5 Å². The van der Waals surface area contributed by atoms with Crippen molar-refractivity contribution in [2.45, 2.75) is 75.3 Å². The Morgan fingerprint density at radius 3 is 2.76 bits per heavy atom.